The fourth-order valence-electron chi connectivity index (χ4n) is 3.03. The molecule has 1 saturated heterocycles. The molecule has 0 spiro atoms. The predicted octanol–water partition coefficient (Wildman–Crippen LogP) is 3.77. The first kappa shape index (κ1) is 17.2. The Labute approximate surface area is 152 Å². The van der Waals surface area contributed by atoms with E-state index in [-0.39, 0.29) is 11.8 Å². The Hall–Kier alpha value is -2.58. The summed E-state index contributed by atoms with van der Waals surface area (Å²) < 4.78 is 0. The highest BCUT2D eigenvalue weighted by Crippen LogP contribution is 2.28. The van der Waals surface area contributed by atoms with Crippen LogP contribution in [0.2, 0.25) is 5.02 Å². The highest BCUT2D eigenvalue weighted by atomic mass is 35.5. The number of aromatic nitrogens is 1. The number of carbonyl (C=O) groups is 1. The quantitative estimate of drug-likeness (QED) is 0.910. The van der Waals surface area contributed by atoms with Gasteiger partial charge < -0.3 is 10.2 Å². The maximum Gasteiger partial charge on any atom is 0.228 e. The van der Waals surface area contributed by atoms with E-state index in [0.717, 1.165) is 37.2 Å². The third-order valence-electron chi connectivity index (χ3n) is 4.45. The average molecular weight is 355 g/mol. The molecule has 1 aromatic carbocycles. The molecule has 128 valence electrons. The van der Waals surface area contributed by atoms with Gasteiger partial charge in [0.25, 0.3) is 0 Å². The summed E-state index contributed by atoms with van der Waals surface area (Å²) >= 11 is 5.96. The number of amides is 1. The molecule has 2 aromatic rings. The molecule has 1 aromatic heterocycles. The molecule has 0 unspecified atom stereocenters. The fourth-order valence-corrected chi connectivity index (χ4v) is 3.20. The number of piperidine rings is 1. The first-order valence-corrected chi connectivity index (χ1v) is 8.63. The lowest BCUT2D eigenvalue weighted by molar-refractivity contribution is -0.120. The zero-order valence-corrected chi connectivity index (χ0v) is 14.8. The van der Waals surface area contributed by atoms with E-state index in [9.17, 15) is 10.1 Å². The van der Waals surface area contributed by atoms with Gasteiger partial charge in [-0.15, -0.1) is 0 Å². The van der Waals surface area contributed by atoms with Crippen molar-refractivity contribution in [1.82, 2.24) is 4.98 Å². The van der Waals surface area contributed by atoms with Crippen molar-refractivity contribution in [2.24, 2.45) is 5.92 Å². The van der Waals surface area contributed by atoms with Crippen LogP contribution in [0, 0.1) is 24.2 Å². The second-order valence-electron chi connectivity index (χ2n) is 6.24. The number of aryl methyl sites for hydroxylation is 1. The number of nitrogens with one attached hydrogen (secondary N) is 1. The van der Waals surface area contributed by atoms with Crippen LogP contribution in [0.1, 0.15) is 24.0 Å². The Morgan fingerprint density at radius 2 is 2.08 bits per heavy atom. The number of hydrogen-bond donors (Lipinski definition) is 1. The van der Waals surface area contributed by atoms with Crippen molar-refractivity contribution in [3.05, 3.63) is 52.7 Å². The molecule has 0 aliphatic carbocycles. The molecule has 1 amide bonds. The van der Waals surface area contributed by atoms with Gasteiger partial charge in [0.05, 0.1) is 11.3 Å². The van der Waals surface area contributed by atoms with Crippen LogP contribution >= 0.6 is 11.6 Å². The molecule has 0 bridgehead atoms. The number of carbonyl (C=O) groups excluding carboxylic acids is 1. The van der Waals surface area contributed by atoms with E-state index in [1.807, 2.05) is 25.1 Å². The van der Waals surface area contributed by atoms with Crippen molar-refractivity contribution in [3.8, 4) is 6.07 Å². The van der Waals surface area contributed by atoms with Gasteiger partial charge in [-0.05, 0) is 49.6 Å². The summed E-state index contributed by atoms with van der Waals surface area (Å²) in [5, 5.41) is 12.7. The SMILES string of the molecule is Cc1ccc(NC(=O)C2CCN(c3ccc(Cl)cc3C#N)CC2)nc1. The molecule has 1 fully saturated rings. The van der Waals surface area contributed by atoms with Crippen molar-refractivity contribution in [1.29, 1.82) is 5.26 Å². The molecule has 1 N–H and O–H groups in total. The minimum absolute atomic E-state index is 0.00705. The lowest BCUT2D eigenvalue weighted by atomic mass is 9.95. The minimum Gasteiger partial charge on any atom is -0.370 e. The van der Waals surface area contributed by atoms with E-state index in [2.05, 4.69) is 21.3 Å². The second kappa shape index (κ2) is 7.54. The van der Waals surface area contributed by atoms with Crippen LogP contribution in [-0.4, -0.2) is 24.0 Å². The Balaban J connectivity index is 1.61. The smallest absolute Gasteiger partial charge is 0.228 e. The highest BCUT2D eigenvalue weighted by Gasteiger charge is 2.26. The zero-order valence-electron chi connectivity index (χ0n) is 14.0. The number of halogens is 1. The maximum absolute atomic E-state index is 12.4. The van der Waals surface area contributed by atoms with Crippen molar-refractivity contribution < 1.29 is 4.79 Å². The largest absolute Gasteiger partial charge is 0.370 e. The summed E-state index contributed by atoms with van der Waals surface area (Å²) in [5.74, 6) is 0.548. The van der Waals surface area contributed by atoms with Crippen LogP contribution in [0.4, 0.5) is 11.5 Å². The molecule has 0 radical (unpaired) electrons. The Bertz CT molecular complexity index is 805. The van der Waals surface area contributed by atoms with Gasteiger partial charge in [-0.1, -0.05) is 17.7 Å². The van der Waals surface area contributed by atoms with Gasteiger partial charge in [-0.3, -0.25) is 4.79 Å². The van der Waals surface area contributed by atoms with Crippen LogP contribution < -0.4 is 10.2 Å². The lowest BCUT2D eigenvalue weighted by Gasteiger charge is -2.33. The van der Waals surface area contributed by atoms with Gasteiger partial charge in [-0.25, -0.2) is 4.98 Å². The number of anilines is 2. The summed E-state index contributed by atoms with van der Waals surface area (Å²) in [6.45, 7) is 3.42. The standard InChI is InChI=1S/C19H19ClN4O/c1-13-2-5-18(22-12-13)23-19(25)14-6-8-24(9-7-14)17-4-3-16(20)10-15(17)11-21/h2-5,10,12,14H,6-9H2,1H3,(H,22,23,25). The molecule has 1 aliphatic rings. The normalized spacial score (nSPS) is 14.8. The second-order valence-corrected chi connectivity index (χ2v) is 6.68. The van der Waals surface area contributed by atoms with Crippen molar-refractivity contribution in [2.45, 2.75) is 19.8 Å². The van der Waals surface area contributed by atoms with Gasteiger partial charge in [0.1, 0.15) is 11.9 Å². The Kier molecular flexibility index (Phi) is 5.20. The average Bonchev–Trinajstić information content (AvgIpc) is 2.63. The minimum atomic E-state index is -0.0443. The van der Waals surface area contributed by atoms with Gasteiger partial charge in [0.2, 0.25) is 5.91 Å². The maximum atomic E-state index is 12.4. The van der Waals surface area contributed by atoms with E-state index in [1.54, 1.807) is 18.3 Å². The monoisotopic (exact) mass is 354 g/mol. The topological polar surface area (TPSA) is 69.0 Å². The summed E-state index contributed by atoms with van der Waals surface area (Å²) in [6, 6.07) is 11.3. The van der Waals surface area contributed by atoms with Gasteiger partial charge in [0, 0.05) is 30.2 Å². The predicted molar refractivity (Wildman–Crippen MR) is 98.7 cm³/mol. The molecule has 25 heavy (non-hydrogen) atoms. The van der Waals surface area contributed by atoms with Gasteiger partial charge in [0.15, 0.2) is 0 Å². The van der Waals surface area contributed by atoms with Gasteiger partial charge in [-0.2, -0.15) is 5.26 Å². The molecule has 2 heterocycles. The van der Waals surface area contributed by atoms with E-state index in [4.69, 9.17) is 11.6 Å². The number of hydrogen-bond acceptors (Lipinski definition) is 4. The van der Waals surface area contributed by atoms with Crippen LogP contribution in [0.5, 0.6) is 0 Å². The molecular formula is C19H19ClN4O. The molecule has 6 heteroatoms. The first-order chi connectivity index (χ1) is 12.1. The third-order valence-corrected chi connectivity index (χ3v) is 4.68. The van der Waals surface area contributed by atoms with Crippen LogP contribution in [0.25, 0.3) is 0 Å². The number of pyridine rings is 1. The molecule has 1 aliphatic heterocycles. The number of rotatable bonds is 3. The summed E-state index contributed by atoms with van der Waals surface area (Å²) in [5.41, 5.74) is 2.51. The van der Waals surface area contributed by atoms with E-state index >= 15 is 0 Å². The molecule has 0 atom stereocenters. The fraction of sp³-hybridized carbons (Fsp3) is 0.316. The summed E-state index contributed by atoms with van der Waals surface area (Å²) in [7, 11) is 0. The van der Waals surface area contributed by atoms with Crippen molar-refractivity contribution in [3.63, 3.8) is 0 Å². The van der Waals surface area contributed by atoms with Gasteiger partial charge >= 0.3 is 0 Å². The molecule has 0 saturated carbocycles. The first-order valence-electron chi connectivity index (χ1n) is 8.25. The van der Waals surface area contributed by atoms with Crippen LogP contribution in [-0.2, 0) is 4.79 Å². The number of nitrogens with zero attached hydrogens (tertiary/aromatic N) is 3. The molecule has 3 rings (SSSR count). The van der Waals surface area contributed by atoms with E-state index < -0.39 is 0 Å². The van der Waals surface area contributed by atoms with E-state index in [1.165, 1.54) is 0 Å². The Morgan fingerprint density at radius 3 is 2.72 bits per heavy atom. The Morgan fingerprint density at radius 1 is 1.32 bits per heavy atom. The number of benzene rings is 1. The molecular weight excluding hydrogens is 336 g/mol. The number of nitriles is 1. The third kappa shape index (κ3) is 4.09. The zero-order chi connectivity index (χ0) is 17.8. The van der Waals surface area contributed by atoms with Crippen molar-refractivity contribution >= 4 is 29.0 Å². The highest BCUT2D eigenvalue weighted by molar-refractivity contribution is 6.30. The summed E-state index contributed by atoms with van der Waals surface area (Å²) in [6.07, 6.45) is 3.22. The van der Waals surface area contributed by atoms with E-state index in [0.29, 0.717) is 16.4 Å². The molecule has 5 nitrogen and oxygen atoms in total. The van der Waals surface area contributed by atoms with Crippen LogP contribution in [0.15, 0.2) is 36.5 Å². The lowest BCUT2D eigenvalue weighted by Crippen LogP contribution is -2.38. The van der Waals surface area contributed by atoms with Crippen molar-refractivity contribution in [2.75, 3.05) is 23.3 Å². The summed E-state index contributed by atoms with van der Waals surface area (Å²) in [4.78, 5) is 18.8. The van der Waals surface area contributed by atoms with Crippen LogP contribution in [0.3, 0.4) is 0 Å².